The van der Waals surface area contributed by atoms with Crippen molar-refractivity contribution in [1.82, 2.24) is 4.90 Å². The summed E-state index contributed by atoms with van der Waals surface area (Å²) in [7, 11) is 0. The molecule has 1 amide bonds. The number of rotatable bonds is 7. The molecule has 1 aromatic carbocycles. The zero-order valence-corrected chi connectivity index (χ0v) is 15.2. The number of hydrogen-bond donors (Lipinski definition) is 0. The highest BCUT2D eigenvalue weighted by Crippen LogP contribution is 2.29. The largest absolute Gasteiger partial charge is 0.466 e. The number of ether oxygens (including phenoxy) is 1. The van der Waals surface area contributed by atoms with E-state index in [1.165, 1.54) is 18.6 Å². The summed E-state index contributed by atoms with van der Waals surface area (Å²) in [5.74, 6) is -0.162. The van der Waals surface area contributed by atoms with Crippen molar-refractivity contribution in [3.05, 3.63) is 35.6 Å². The van der Waals surface area contributed by atoms with Crippen LogP contribution in [-0.2, 0) is 20.7 Å². The molecule has 1 aromatic rings. The Morgan fingerprint density at radius 1 is 1.20 bits per heavy atom. The van der Waals surface area contributed by atoms with Gasteiger partial charge in [-0.15, -0.1) is 0 Å². The number of nitrogens with zero attached hydrogens (tertiary/aromatic N) is 1. The van der Waals surface area contributed by atoms with Crippen LogP contribution in [0.1, 0.15) is 51.5 Å². The number of hydrogen-bond acceptors (Lipinski definition) is 3. The van der Waals surface area contributed by atoms with E-state index < -0.39 is 0 Å². The predicted octanol–water partition coefficient (Wildman–Crippen LogP) is 3.73. The molecule has 2 atom stereocenters. The molecule has 0 aromatic heterocycles. The molecule has 0 radical (unpaired) electrons. The minimum Gasteiger partial charge on any atom is -0.466 e. The Labute approximate surface area is 149 Å². The number of esters is 1. The van der Waals surface area contributed by atoms with Gasteiger partial charge in [0.15, 0.2) is 0 Å². The fourth-order valence-electron chi connectivity index (χ4n) is 3.56. The standard InChI is InChI=1S/C20H28FNO3/c1-3-25-20(24)12-13-22(18-7-5-4-6-15(18)2)19(23)14-16-8-10-17(21)11-9-16/h8-11,15,18H,3-7,12-14H2,1-2H3. The fraction of sp³-hybridized carbons (Fsp3) is 0.600. The Balaban J connectivity index is 2.07. The van der Waals surface area contributed by atoms with Gasteiger partial charge in [0, 0.05) is 12.6 Å². The molecule has 2 unspecified atom stereocenters. The molecule has 2 rings (SSSR count). The van der Waals surface area contributed by atoms with Crippen LogP contribution in [0.25, 0.3) is 0 Å². The van der Waals surface area contributed by atoms with E-state index in [2.05, 4.69) is 6.92 Å². The van der Waals surface area contributed by atoms with Gasteiger partial charge in [-0.3, -0.25) is 9.59 Å². The molecule has 1 aliphatic carbocycles. The first-order chi connectivity index (χ1) is 12.0. The van der Waals surface area contributed by atoms with Gasteiger partial charge < -0.3 is 9.64 Å². The second kappa shape index (κ2) is 9.54. The summed E-state index contributed by atoms with van der Waals surface area (Å²) in [6.45, 7) is 4.68. The van der Waals surface area contributed by atoms with Gasteiger partial charge >= 0.3 is 5.97 Å². The Hall–Kier alpha value is -1.91. The molecule has 0 saturated heterocycles. The van der Waals surface area contributed by atoms with Crippen molar-refractivity contribution in [2.24, 2.45) is 5.92 Å². The average Bonchev–Trinajstić information content (AvgIpc) is 2.59. The van der Waals surface area contributed by atoms with E-state index >= 15 is 0 Å². The second-order valence-corrected chi connectivity index (χ2v) is 6.77. The number of amides is 1. The summed E-state index contributed by atoms with van der Waals surface area (Å²) in [5, 5.41) is 0. The first kappa shape index (κ1) is 19.4. The van der Waals surface area contributed by atoms with Crippen LogP contribution in [0.2, 0.25) is 0 Å². The Bertz CT molecular complexity index is 573. The molecule has 4 nitrogen and oxygen atoms in total. The minimum atomic E-state index is -0.309. The fourth-order valence-corrected chi connectivity index (χ4v) is 3.56. The van der Waals surface area contributed by atoms with E-state index in [4.69, 9.17) is 4.74 Å². The topological polar surface area (TPSA) is 46.6 Å². The first-order valence-electron chi connectivity index (χ1n) is 9.20. The lowest BCUT2D eigenvalue weighted by Gasteiger charge is -2.38. The first-order valence-corrected chi connectivity index (χ1v) is 9.20. The van der Waals surface area contributed by atoms with Crippen molar-refractivity contribution in [2.75, 3.05) is 13.2 Å². The highest BCUT2D eigenvalue weighted by Gasteiger charge is 2.30. The van der Waals surface area contributed by atoms with Crippen molar-refractivity contribution in [1.29, 1.82) is 0 Å². The summed E-state index contributed by atoms with van der Waals surface area (Å²) in [6, 6.07) is 6.18. The third-order valence-electron chi connectivity index (χ3n) is 4.92. The van der Waals surface area contributed by atoms with E-state index in [1.54, 1.807) is 19.1 Å². The van der Waals surface area contributed by atoms with Gasteiger partial charge in [0.2, 0.25) is 5.91 Å². The molecule has 5 heteroatoms. The van der Waals surface area contributed by atoms with Crippen molar-refractivity contribution in [2.45, 2.75) is 58.4 Å². The van der Waals surface area contributed by atoms with Gasteiger partial charge in [-0.05, 0) is 43.4 Å². The maximum Gasteiger partial charge on any atom is 0.307 e. The monoisotopic (exact) mass is 349 g/mol. The molecule has 25 heavy (non-hydrogen) atoms. The maximum absolute atomic E-state index is 13.1. The van der Waals surface area contributed by atoms with Crippen LogP contribution in [0.15, 0.2) is 24.3 Å². The molecule has 0 spiro atoms. The lowest BCUT2D eigenvalue weighted by atomic mass is 9.84. The van der Waals surface area contributed by atoms with Gasteiger partial charge in [0.1, 0.15) is 5.82 Å². The quantitative estimate of drug-likeness (QED) is 0.705. The summed E-state index contributed by atoms with van der Waals surface area (Å²) < 4.78 is 18.1. The Morgan fingerprint density at radius 3 is 2.52 bits per heavy atom. The summed E-state index contributed by atoms with van der Waals surface area (Å²) in [6.07, 6.45) is 4.81. The van der Waals surface area contributed by atoms with Crippen molar-refractivity contribution in [3.8, 4) is 0 Å². The van der Waals surface area contributed by atoms with Gasteiger partial charge in [-0.25, -0.2) is 4.39 Å². The molecule has 0 N–H and O–H groups in total. The third kappa shape index (κ3) is 5.83. The van der Waals surface area contributed by atoms with Crippen molar-refractivity contribution < 1.29 is 18.7 Å². The lowest BCUT2D eigenvalue weighted by Crippen LogP contribution is -2.47. The third-order valence-corrected chi connectivity index (χ3v) is 4.92. The Kier molecular flexibility index (Phi) is 7.41. The van der Waals surface area contributed by atoms with Crippen molar-refractivity contribution >= 4 is 11.9 Å². The highest BCUT2D eigenvalue weighted by atomic mass is 19.1. The molecule has 1 saturated carbocycles. The maximum atomic E-state index is 13.1. The Morgan fingerprint density at radius 2 is 1.88 bits per heavy atom. The van der Waals surface area contributed by atoms with Gasteiger partial charge in [-0.1, -0.05) is 31.9 Å². The number of halogens is 1. The van der Waals surface area contributed by atoms with E-state index in [-0.39, 0.29) is 36.6 Å². The van der Waals surface area contributed by atoms with E-state index in [9.17, 15) is 14.0 Å². The van der Waals surface area contributed by atoms with Gasteiger partial charge in [-0.2, -0.15) is 0 Å². The zero-order valence-electron chi connectivity index (χ0n) is 15.2. The lowest BCUT2D eigenvalue weighted by molar-refractivity contribution is -0.144. The molecule has 138 valence electrons. The number of carbonyl (C=O) groups is 2. The van der Waals surface area contributed by atoms with Crippen LogP contribution in [0.4, 0.5) is 4.39 Å². The molecular weight excluding hydrogens is 321 g/mol. The van der Waals surface area contributed by atoms with Crippen LogP contribution < -0.4 is 0 Å². The molecule has 0 aliphatic heterocycles. The van der Waals surface area contributed by atoms with Crippen LogP contribution in [0.3, 0.4) is 0 Å². The number of benzene rings is 1. The van der Waals surface area contributed by atoms with Crippen LogP contribution >= 0.6 is 0 Å². The van der Waals surface area contributed by atoms with E-state index in [1.807, 2.05) is 4.90 Å². The molecule has 1 aliphatic rings. The van der Waals surface area contributed by atoms with Crippen LogP contribution in [0, 0.1) is 11.7 Å². The molecule has 0 bridgehead atoms. The predicted molar refractivity (Wildman–Crippen MR) is 94.5 cm³/mol. The van der Waals surface area contributed by atoms with Gasteiger partial charge in [0.25, 0.3) is 0 Å². The van der Waals surface area contributed by atoms with E-state index in [0.717, 1.165) is 24.8 Å². The minimum absolute atomic E-state index is 0.00495. The van der Waals surface area contributed by atoms with E-state index in [0.29, 0.717) is 19.1 Å². The van der Waals surface area contributed by atoms with Crippen molar-refractivity contribution in [3.63, 3.8) is 0 Å². The molecular formula is C20H28FNO3. The smallest absolute Gasteiger partial charge is 0.307 e. The molecule has 1 fully saturated rings. The second-order valence-electron chi connectivity index (χ2n) is 6.77. The van der Waals surface area contributed by atoms with Crippen LogP contribution in [0.5, 0.6) is 0 Å². The molecule has 0 heterocycles. The zero-order chi connectivity index (χ0) is 18.2. The highest BCUT2D eigenvalue weighted by molar-refractivity contribution is 5.80. The number of carbonyl (C=O) groups excluding carboxylic acids is 2. The van der Waals surface area contributed by atoms with Crippen LogP contribution in [-0.4, -0.2) is 36.0 Å². The summed E-state index contributed by atoms with van der Waals surface area (Å²) in [5.41, 5.74) is 0.788. The van der Waals surface area contributed by atoms with Gasteiger partial charge in [0.05, 0.1) is 19.4 Å². The average molecular weight is 349 g/mol. The summed E-state index contributed by atoms with van der Waals surface area (Å²) in [4.78, 5) is 26.5. The summed E-state index contributed by atoms with van der Waals surface area (Å²) >= 11 is 0. The SMILES string of the molecule is CCOC(=O)CCN(C(=O)Cc1ccc(F)cc1)C1CCCCC1C. The normalized spacial score (nSPS) is 20.1.